The van der Waals surface area contributed by atoms with Gasteiger partial charge < -0.3 is 50.3 Å². The van der Waals surface area contributed by atoms with Crippen LogP contribution < -0.4 is 4.74 Å². The smallest absolute Gasteiger partial charge is 0.353 e. The predicted molar refractivity (Wildman–Crippen MR) is 156 cm³/mol. The summed E-state index contributed by atoms with van der Waals surface area (Å²) >= 11 is 0. The Hall–Kier alpha value is -6.30. The first-order chi connectivity index (χ1) is 20.9. The minimum atomic E-state index is -1.58. The zero-order chi connectivity index (χ0) is 32.0. The van der Waals surface area contributed by atoms with E-state index in [2.05, 4.69) is 0 Å². The predicted octanol–water partition coefficient (Wildman–Crippen LogP) is 4.28. The average Bonchev–Trinajstić information content (AvgIpc) is 2.98. The van der Waals surface area contributed by atoms with E-state index in [1.165, 1.54) is 66.8 Å². The summed E-state index contributed by atoms with van der Waals surface area (Å²) in [5.74, 6) is -5.77. The lowest BCUT2D eigenvalue weighted by Crippen LogP contribution is -2.32. The number of phenols is 8. The van der Waals surface area contributed by atoms with E-state index in [-0.39, 0.29) is 34.8 Å². The van der Waals surface area contributed by atoms with Crippen LogP contribution in [-0.4, -0.2) is 58.9 Å². The standard InChI is InChI=1S/C32H26O12/c33-22-8-2-17(13-26(22)37)1-7-21-19(4-10-25(36)31(21)41)5-12-30(40)44-29(15-18-3-9-23(34)27(38)14-18)32(42)43-20-6-11-24(35)28(39)16-20/h1-14,16,29,33-39,41H,15H2/b7-1+,12-5+. The van der Waals surface area contributed by atoms with Crippen molar-refractivity contribution in [1.82, 2.24) is 0 Å². The number of carbonyl (C=O) groups is 2. The third-order valence-corrected chi connectivity index (χ3v) is 6.22. The molecule has 226 valence electrons. The van der Waals surface area contributed by atoms with E-state index in [4.69, 9.17) is 9.47 Å². The Labute approximate surface area is 249 Å². The van der Waals surface area contributed by atoms with Gasteiger partial charge >= 0.3 is 11.9 Å². The fraction of sp³-hybridized carbons (Fsp3) is 0.0625. The molecule has 12 heteroatoms. The Kier molecular flexibility index (Phi) is 9.14. The molecule has 0 saturated carbocycles. The Morgan fingerprint density at radius 1 is 0.636 bits per heavy atom. The SMILES string of the molecule is O=C(/C=C/c1ccc(O)c(O)c1/C=C/c1ccc(O)c(O)c1)OC(Cc1ccc(O)c(O)c1)C(=O)Oc1ccc(O)c(O)c1. The highest BCUT2D eigenvalue weighted by Gasteiger charge is 2.26. The fourth-order valence-electron chi connectivity index (χ4n) is 3.93. The first kappa shape index (κ1) is 30.7. The van der Waals surface area contributed by atoms with E-state index < -0.39 is 52.5 Å². The Bertz CT molecular complexity index is 1770. The Morgan fingerprint density at radius 3 is 1.91 bits per heavy atom. The highest BCUT2D eigenvalue weighted by Crippen LogP contribution is 2.34. The Balaban J connectivity index is 1.57. The van der Waals surface area contributed by atoms with Gasteiger partial charge in [-0.05, 0) is 71.3 Å². The molecule has 0 aliphatic rings. The van der Waals surface area contributed by atoms with Crippen molar-refractivity contribution in [3.8, 4) is 51.7 Å². The molecule has 0 heterocycles. The number of carbonyl (C=O) groups excluding carboxylic acids is 2. The highest BCUT2D eigenvalue weighted by molar-refractivity contribution is 5.91. The largest absolute Gasteiger partial charge is 0.504 e. The average molecular weight is 603 g/mol. The lowest BCUT2D eigenvalue weighted by Gasteiger charge is -2.17. The van der Waals surface area contributed by atoms with Crippen molar-refractivity contribution in [2.24, 2.45) is 0 Å². The van der Waals surface area contributed by atoms with Gasteiger partial charge in [0, 0.05) is 24.1 Å². The first-order valence-electron chi connectivity index (χ1n) is 12.8. The molecule has 0 bridgehead atoms. The second kappa shape index (κ2) is 13.1. The molecular weight excluding hydrogens is 576 g/mol. The molecule has 0 aliphatic heterocycles. The molecule has 0 spiro atoms. The van der Waals surface area contributed by atoms with Gasteiger partial charge in [0.25, 0.3) is 0 Å². The summed E-state index contributed by atoms with van der Waals surface area (Å²) < 4.78 is 10.6. The molecule has 12 nitrogen and oxygen atoms in total. The van der Waals surface area contributed by atoms with E-state index in [1.807, 2.05) is 0 Å². The van der Waals surface area contributed by atoms with Crippen LogP contribution in [0.4, 0.5) is 0 Å². The van der Waals surface area contributed by atoms with Crippen LogP contribution in [0, 0.1) is 0 Å². The molecular formula is C32H26O12. The molecule has 4 rings (SSSR count). The fourth-order valence-corrected chi connectivity index (χ4v) is 3.93. The maximum Gasteiger partial charge on any atom is 0.353 e. The van der Waals surface area contributed by atoms with Crippen LogP contribution in [0.3, 0.4) is 0 Å². The van der Waals surface area contributed by atoms with Gasteiger partial charge in [-0.15, -0.1) is 0 Å². The molecule has 0 aliphatic carbocycles. The zero-order valence-corrected chi connectivity index (χ0v) is 22.7. The van der Waals surface area contributed by atoms with Gasteiger partial charge in [-0.3, -0.25) is 0 Å². The second-order valence-electron chi connectivity index (χ2n) is 9.38. The van der Waals surface area contributed by atoms with Crippen LogP contribution in [0.5, 0.6) is 51.7 Å². The van der Waals surface area contributed by atoms with Crippen molar-refractivity contribution in [1.29, 1.82) is 0 Å². The number of aromatic hydroxyl groups is 8. The van der Waals surface area contributed by atoms with Crippen LogP contribution in [0.1, 0.15) is 22.3 Å². The highest BCUT2D eigenvalue weighted by atomic mass is 16.6. The van der Waals surface area contributed by atoms with Crippen LogP contribution in [0.15, 0.2) is 72.8 Å². The molecule has 1 unspecified atom stereocenters. The number of benzene rings is 4. The van der Waals surface area contributed by atoms with Crippen molar-refractivity contribution in [3.63, 3.8) is 0 Å². The molecule has 0 fully saturated rings. The minimum absolute atomic E-state index is 0.0873. The van der Waals surface area contributed by atoms with Gasteiger partial charge in [-0.2, -0.15) is 0 Å². The number of hydrogen-bond acceptors (Lipinski definition) is 12. The number of esters is 2. The number of hydrogen-bond donors (Lipinski definition) is 8. The molecule has 1 atom stereocenters. The van der Waals surface area contributed by atoms with Crippen molar-refractivity contribution in [2.75, 3.05) is 0 Å². The monoisotopic (exact) mass is 602 g/mol. The van der Waals surface area contributed by atoms with Crippen molar-refractivity contribution >= 4 is 30.2 Å². The number of phenolic OH excluding ortho intramolecular Hbond substituents is 8. The van der Waals surface area contributed by atoms with E-state index >= 15 is 0 Å². The van der Waals surface area contributed by atoms with E-state index in [9.17, 15) is 50.4 Å². The van der Waals surface area contributed by atoms with Gasteiger partial charge in [0.2, 0.25) is 6.10 Å². The molecule has 0 radical (unpaired) electrons. The molecule has 44 heavy (non-hydrogen) atoms. The van der Waals surface area contributed by atoms with Crippen LogP contribution in [0.2, 0.25) is 0 Å². The molecule has 4 aromatic carbocycles. The van der Waals surface area contributed by atoms with Gasteiger partial charge in [0.15, 0.2) is 46.0 Å². The van der Waals surface area contributed by atoms with Crippen LogP contribution in [-0.2, 0) is 20.7 Å². The van der Waals surface area contributed by atoms with Crippen molar-refractivity contribution in [3.05, 3.63) is 95.1 Å². The number of rotatable bonds is 9. The topological polar surface area (TPSA) is 214 Å². The van der Waals surface area contributed by atoms with Gasteiger partial charge in [-0.1, -0.05) is 24.3 Å². The van der Waals surface area contributed by atoms with Crippen molar-refractivity contribution in [2.45, 2.75) is 12.5 Å². The van der Waals surface area contributed by atoms with E-state index in [0.717, 1.165) is 24.3 Å². The summed E-state index contributed by atoms with van der Waals surface area (Å²) in [5, 5.41) is 78.3. The third kappa shape index (κ3) is 7.50. The molecule has 0 aromatic heterocycles. The number of ether oxygens (including phenoxy) is 2. The Morgan fingerprint density at radius 2 is 1.25 bits per heavy atom. The first-order valence-corrected chi connectivity index (χ1v) is 12.8. The maximum absolute atomic E-state index is 13.0. The summed E-state index contributed by atoms with van der Waals surface area (Å²) in [6, 6.07) is 13.6. The molecule has 8 N–H and O–H groups in total. The zero-order valence-electron chi connectivity index (χ0n) is 22.7. The minimum Gasteiger partial charge on any atom is -0.504 e. The van der Waals surface area contributed by atoms with Gasteiger partial charge in [0.1, 0.15) is 5.75 Å². The maximum atomic E-state index is 13.0. The molecule has 4 aromatic rings. The summed E-state index contributed by atoms with van der Waals surface area (Å²) in [6.07, 6.45) is 3.21. The van der Waals surface area contributed by atoms with Gasteiger partial charge in [-0.25, -0.2) is 9.59 Å². The third-order valence-electron chi connectivity index (χ3n) is 6.22. The summed E-state index contributed by atoms with van der Waals surface area (Å²) in [5.41, 5.74) is 1.08. The summed E-state index contributed by atoms with van der Waals surface area (Å²) in [7, 11) is 0. The molecule has 0 saturated heterocycles. The summed E-state index contributed by atoms with van der Waals surface area (Å²) in [6.45, 7) is 0. The van der Waals surface area contributed by atoms with E-state index in [1.54, 1.807) is 0 Å². The summed E-state index contributed by atoms with van der Waals surface area (Å²) in [4.78, 5) is 25.8. The van der Waals surface area contributed by atoms with E-state index in [0.29, 0.717) is 11.1 Å². The lowest BCUT2D eigenvalue weighted by molar-refractivity contribution is -0.158. The van der Waals surface area contributed by atoms with Crippen LogP contribution in [0.25, 0.3) is 18.2 Å². The van der Waals surface area contributed by atoms with Gasteiger partial charge in [0.05, 0.1) is 0 Å². The molecule has 0 amide bonds. The van der Waals surface area contributed by atoms with Crippen LogP contribution >= 0.6 is 0 Å². The second-order valence-corrected chi connectivity index (χ2v) is 9.38. The normalized spacial score (nSPS) is 11.9. The lowest BCUT2D eigenvalue weighted by atomic mass is 10.0. The quantitative estimate of drug-likeness (QED) is 0.0443. The van der Waals surface area contributed by atoms with Crippen molar-refractivity contribution < 1.29 is 59.9 Å².